The van der Waals surface area contributed by atoms with Crippen molar-refractivity contribution in [2.24, 2.45) is 5.92 Å². The Hall–Kier alpha value is -0.800. The second kappa shape index (κ2) is 6.31. The summed E-state index contributed by atoms with van der Waals surface area (Å²) >= 11 is 0. The minimum Gasteiger partial charge on any atom is -0.468 e. The monoisotopic (exact) mass is 278 g/mol. The highest BCUT2D eigenvalue weighted by Crippen LogP contribution is 2.26. The van der Waals surface area contributed by atoms with Crippen molar-refractivity contribution in [1.82, 2.24) is 10.2 Å². The van der Waals surface area contributed by atoms with Gasteiger partial charge in [0.05, 0.1) is 12.8 Å². The molecule has 2 heterocycles. The second-order valence-electron chi connectivity index (χ2n) is 7.40. The van der Waals surface area contributed by atoms with Gasteiger partial charge in [-0.15, -0.1) is 0 Å². The fourth-order valence-electron chi connectivity index (χ4n) is 3.01. The van der Waals surface area contributed by atoms with Crippen LogP contribution >= 0.6 is 0 Å². The molecular weight excluding hydrogens is 248 g/mol. The first-order valence-electron chi connectivity index (χ1n) is 7.91. The predicted octanol–water partition coefficient (Wildman–Crippen LogP) is 3.79. The maximum Gasteiger partial charge on any atom is 0.122 e. The molecule has 0 aliphatic carbocycles. The van der Waals surface area contributed by atoms with Gasteiger partial charge >= 0.3 is 0 Å². The van der Waals surface area contributed by atoms with Gasteiger partial charge in [0.2, 0.25) is 0 Å². The van der Waals surface area contributed by atoms with Crippen LogP contribution in [0.3, 0.4) is 0 Å². The zero-order valence-electron chi connectivity index (χ0n) is 13.7. The Morgan fingerprint density at radius 3 is 2.80 bits per heavy atom. The van der Waals surface area contributed by atoms with Gasteiger partial charge in [0.1, 0.15) is 5.76 Å². The van der Waals surface area contributed by atoms with E-state index in [-0.39, 0.29) is 5.54 Å². The molecule has 1 aromatic rings. The van der Waals surface area contributed by atoms with Gasteiger partial charge in [-0.3, -0.25) is 4.90 Å². The molecule has 0 amide bonds. The fraction of sp³-hybridized carbons (Fsp3) is 0.765. The quantitative estimate of drug-likeness (QED) is 0.888. The van der Waals surface area contributed by atoms with E-state index in [1.807, 2.05) is 6.26 Å². The highest BCUT2D eigenvalue weighted by atomic mass is 16.3. The number of nitrogens with zero attached hydrogens (tertiary/aromatic N) is 1. The smallest absolute Gasteiger partial charge is 0.122 e. The Labute approximate surface area is 123 Å². The Bertz CT molecular complexity index is 417. The molecule has 0 aromatic carbocycles. The third-order valence-electron chi connectivity index (χ3n) is 4.18. The molecule has 1 saturated heterocycles. The summed E-state index contributed by atoms with van der Waals surface area (Å²) in [4.78, 5) is 2.59. The highest BCUT2D eigenvalue weighted by molar-refractivity contribution is 5.17. The molecule has 114 valence electrons. The summed E-state index contributed by atoms with van der Waals surface area (Å²) in [6, 6.07) is 2.82. The molecule has 1 atom stereocenters. The first kappa shape index (κ1) is 15.6. The van der Waals surface area contributed by atoms with Crippen LogP contribution in [0.2, 0.25) is 0 Å². The number of rotatable bonds is 5. The molecular formula is C17H30N2O. The zero-order valence-corrected chi connectivity index (χ0v) is 13.7. The summed E-state index contributed by atoms with van der Waals surface area (Å²) < 4.78 is 5.74. The first-order valence-corrected chi connectivity index (χ1v) is 7.91. The Balaban J connectivity index is 1.98. The van der Waals surface area contributed by atoms with Crippen molar-refractivity contribution in [2.45, 2.75) is 72.1 Å². The van der Waals surface area contributed by atoms with Gasteiger partial charge in [-0.1, -0.05) is 13.8 Å². The number of likely N-dealkylation sites (tertiary alicyclic amines) is 1. The maximum absolute atomic E-state index is 5.74. The van der Waals surface area contributed by atoms with Crippen LogP contribution in [0.4, 0.5) is 0 Å². The van der Waals surface area contributed by atoms with Crippen LogP contribution in [-0.4, -0.2) is 23.0 Å². The molecule has 1 aliphatic rings. The lowest BCUT2D eigenvalue weighted by molar-refractivity contribution is 0.184. The lowest BCUT2D eigenvalue weighted by Gasteiger charge is -2.27. The van der Waals surface area contributed by atoms with Crippen molar-refractivity contribution in [2.75, 3.05) is 6.54 Å². The Kier molecular flexibility index (Phi) is 4.92. The molecule has 1 aliphatic heterocycles. The van der Waals surface area contributed by atoms with Crippen LogP contribution in [0.1, 0.15) is 58.8 Å². The first-order chi connectivity index (χ1) is 9.37. The van der Waals surface area contributed by atoms with Crippen molar-refractivity contribution in [3.8, 4) is 0 Å². The fourth-order valence-corrected chi connectivity index (χ4v) is 3.01. The standard InChI is InChI=1S/C17H30N2O/c1-13(2)15-7-6-9-19(15)12-16-14(8-10-20-16)11-18-17(3,4)5/h8,10,13,15,18H,6-7,9,11-12H2,1-5H3. The highest BCUT2D eigenvalue weighted by Gasteiger charge is 2.28. The van der Waals surface area contributed by atoms with Gasteiger partial charge in [-0.25, -0.2) is 0 Å². The molecule has 3 heteroatoms. The largest absolute Gasteiger partial charge is 0.468 e. The van der Waals surface area contributed by atoms with Crippen molar-refractivity contribution in [3.63, 3.8) is 0 Å². The third kappa shape index (κ3) is 4.10. The number of hydrogen-bond acceptors (Lipinski definition) is 3. The molecule has 0 saturated carbocycles. The van der Waals surface area contributed by atoms with Crippen LogP contribution in [-0.2, 0) is 13.1 Å². The molecule has 1 aromatic heterocycles. The van der Waals surface area contributed by atoms with Crippen molar-refractivity contribution >= 4 is 0 Å². The van der Waals surface area contributed by atoms with E-state index in [0.717, 1.165) is 24.8 Å². The van der Waals surface area contributed by atoms with E-state index >= 15 is 0 Å². The molecule has 0 spiro atoms. The van der Waals surface area contributed by atoms with E-state index in [1.54, 1.807) is 0 Å². The summed E-state index contributed by atoms with van der Waals surface area (Å²) in [5.74, 6) is 1.86. The molecule has 1 fully saturated rings. The maximum atomic E-state index is 5.74. The lowest BCUT2D eigenvalue weighted by Crippen LogP contribution is -2.36. The van der Waals surface area contributed by atoms with Crippen molar-refractivity contribution in [1.29, 1.82) is 0 Å². The van der Waals surface area contributed by atoms with Gasteiger partial charge in [0.25, 0.3) is 0 Å². The molecule has 0 bridgehead atoms. The van der Waals surface area contributed by atoms with E-state index in [1.165, 1.54) is 24.9 Å². The van der Waals surface area contributed by atoms with Gasteiger partial charge in [0.15, 0.2) is 0 Å². The van der Waals surface area contributed by atoms with Crippen LogP contribution in [0.15, 0.2) is 16.7 Å². The Morgan fingerprint density at radius 1 is 1.40 bits per heavy atom. The predicted molar refractivity (Wildman–Crippen MR) is 83.6 cm³/mol. The van der Waals surface area contributed by atoms with Gasteiger partial charge in [-0.05, 0) is 52.1 Å². The van der Waals surface area contributed by atoms with Gasteiger partial charge in [-0.2, -0.15) is 0 Å². The summed E-state index contributed by atoms with van der Waals surface area (Å²) in [5.41, 5.74) is 1.44. The van der Waals surface area contributed by atoms with E-state index < -0.39 is 0 Å². The summed E-state index contributed by atoms with van der Waals surface area (Å²) in [5, 5.41) is 3.55. The molecule has 1 N–H and O–H groups in total. The minimum absolute atomic E-state index is 0.142. The van der Waals surface area contributed by atoms with Crippen LogP contribution < -0.4 is 5.32 Å². The zero-order chi connectivity index (χ0) is 14.8. The van der Waals surface area contributed by atoms with Crippen LogP contribution in [0, 0.1) is 5.92 Å². The molecule has 2 rings (SSSR count). The van der Waals surface area contributed by atoms with Gasteiger partial charge in [0, 0.05) is 23.7 Å². The Morgan fingerprint density at radius 2 is 2.15 bits per heavy atom. The number of furan rings is 1. The average molecular weight is 278 g/mol. The number of nitrogens with one attached hydrogen (secondary N) is 1. The normalized spacial score (nSPS) is 21.0. The topological polar surface area (TPSA) is 28.4 Å². The summed E-state index contributed by atoms with van der Waals surface area (Å²) in [6.45, 7) is 14.3. The summed E-state index contributed by atoms with van der Waals surface area (Å²) in [7, 11) is 0. The van der Waals surface area contributed by atoms with Crippen molar-refractivity contribution in [3.05, 3.63) is 23.7 Å². The van der Waals surface area contributed by atoms with Gasteiger partial charge < -0.3 is 9.73 Å². The van der Waals surface area contributed by atoms with E-state index in [0.29, 0.717) is 6.04 Å². The number of hydrogen-bond donors (Lipinski definition) is 1. The van der Waals surface area contributed by atoms with Crippen LogP contribution in [0.25, 0.3) is 0 Å². The third-order valence-corrected chi connectivity index (χ3v) is 4.18. The second-order valence-corrected chi connectivity index (χ2v) is 7.40. The van der Waals surface area contributed by atoms with E-state index in [4.69, 9.17) is 4.42 Å². The molecule has 20 heavy (non-hydrogen) atoms. The van der Waals surface area contributed by atoms with Crippen LogP contribution in [0.5, 0.6) is 0 Å². The van der Waals surface area contributed by atoms with E-state index in [2.05, 4.69) is 50.9 Å². The molecule has 0 radical (unpaired) electrons. The average Bonchev–Trinajstić information content (AvgIpc) is 2.95. The summed E-state index contributed by atoms with van der Waals surface area (Å²) in [6.07, 6.45) is 4.47. The van der Waals surface area contributed by atoms with Crippen molar-refractivity contribution < 1.29 is 4.42 Å². The minimum atomic E-state index is 0.142. The SMILES string of the molecule is CC(C)C1CCCN1Cc1occc1CNC(C)(C)C. The molecule has 1 unspecified atom stereocenters. The van der Waals surface area contributed by atoms with E-state index in [9.17, 15) is 0 Å². The molecule has 3 nitrogen and oxygen atoms in total. The lowest BCUT2D eigenvalue weighted by atomic mass is 10.0.